The van der Waals surface area contributed by atoms with Gasteiger partial charge in [0.15, 0.2) is 0 Å². The van der Waals surface area contributed by atoms with Gasteiger partial charge >= 0.3 is 5.97 Å². The molecule has 0 amide bonds. The number of benzene rings is 1. The molecule has 1 N–H and O–H groups in total. The molecule has 1 aromatic carbocycles. The molecule has 7 heteroatoms. The summed E-state index contributed by atoms with van der Waals surface area (Å²) in [5, 5.41) is 8.96. The molecule has 1 aliphatic rings. The highest BCUT2D eigenvalue weighted by Crippen LogP contribution is 2.23. The topological polar surface area (TPSA) is 74.5 Å². The van der Waals surface area contributed by atoms with Crippen LogP contribution in [0.5, 0.6) is 0 Å². The van der Waals surface area contributed by atoms with Crippen LogP contribution in [-0.4, -0.2) is 51.8 Å². The molecule has 0 bridgehead atoms. The van der Waals surface area contributed by atoms with Crippen LogP contribution in [0.2, 0.25) is 0 Å². The Morgan fingerprint density at radius 2 is 1.84 bits per heavy atom. The van der Waals surface area contributed by atoms with E-state index in [-0.39, 0.29) is 6.54 Å². The Bertz CT molecular complexity index is 885. The molecule has 1 aliphatic heterocycles. The van der Waals surface area contributed by atoms with Gasteiger partial charge in [0.25, 0.3) is 0 Å². The molecule has 25 heavy (non-hydrogen) atoms. The molecule has 1 saturated heterocycles. The van der Waals surface area contributed by atoms with Crippen LogP contribution in [0.4, 0.5) is 11.5 Å². The first-order valence-electron chi connectivity index (χ1n) is 8.28. The van der Waals surface area contributed by atoms with Crippen molar-refractivity contribution in [3.05, 3.63) is 48.9 Å². The van der Waals surface area contributed by atoms with Crippen molar-refractivity contribution in [1.29, 1.82) is 0 Å². The number of fused-ring (bicyclic) bond motifs is 1. The van der Waals surface area contributed by atoms with E-state index in [9.17, 15) is 4.79 Å². The average molecular weight is 337 g/mol. The Hall–Kier alpha value is -3.09. The van der Waals surface area contributed by atoms with Crippen molar-refractivity contribution in [3.8, 4) is 0 Å². The fourth-order valence-electron chi connectivity index (χ4n) is 3.26. The highest BCUT2D eigenvalue weighted by Gasteiger charge is 2.19. The number of carboxylic acids is 1. The lowest BCUT2D eigenvalue weighted by Gasteiger charge is -2.36. The maximum absolute atomic E-state index is 10.9. The number of carboxylic acid groups (broad SMARTS) is 1. The molecule has 0 saturated carbocycles. The van der Waals surface area contributed by atoms with Gasteiger partial charge in [-0.3, -0.25) is 4.79 Å². The fraction of sp³-hybridized carbons (Fsp3) is 0.278. The largest absolute Gasteiger partial charge is 0.480 e. The molecule has 3 aromatic rings. The van der Waals surface area contributed by atoms with Gasteiger partial charge in [-0.15, -0.1) is 0 Å². The summed E-state index contributed by atoms with van der Waals surface area (Å²) in [6, 6.07) is 12.0. The van der Waals surface area contributed by atoms with Gasteiger partial charge in [-0.05, 0) is 30.3 Å². The van der Waals surface area contributed by atoms with E-state index < -0.39 is 5.97 Å². The summed E-state index contributed by atoms with van der Waals surface area (Å²) in [6.07, 6.45) is 3.41. The smallest absolute Gasteiger partial charge is 0.323 e. The Kier molecular flexibility index (Phi) is 3.97. The molecule has 128 valence electrons. The van der Waals surface area contributed by atoms with E-state index in [0.29, 0.717) is 0 Å². The second-order valence-corrected chi connectivity index (χ2v) is 6.10. The van der Waals surface area contributed by atoms with Crippen LogP contribution < -0.4 is 9.80 Å². The lowest BCUT2D eigenvalue weighted by molar-refractivity contribution is -0.137. The Morgan fingerprint density at radius 3 is 2.56 bits per heavy atom. The number of nitrogens with zero attached hydrogens (tertiary/aromatic N) is 5. The zero-order valence-corrected chi connectivity index (χ0v) is 13.7. The van der Waals surface area contributed by atoms with Gasteiger partial charge in [0, 0.05) is 38.1 Å². The summed E-state index contributed by atoms with van der Waals surface area (Å²) >= 11 is 0. The molecule has 1 fully saturated rings. The SMILES string of the molecule is O=C(O)Cn1cnc2cc(N3CCN(c4ccccn4)CC3)ccc21. The summed E-state index contributed by atoms with van der Waals surface area (Å²) < 4.78 is 1.65. The van der Waals surface area contributed by atoms with E-state index in [1.165, 1.54) is 0 Å². The molecule has 0 aliphatic carbocycles. The number of anilines is 2. The summed E-state index contributed by atoms with van der Waals surface area (Å²) in [5.41, 5.74) is 2.79. The Labute approximate surface area is 145 Å². The third-order valence-electron chi connectivity index (χ3n) is 4.53. The first-order valence-corrected chi connectivity index (χ1v) is 8.28. The van der Waals surface area contributed by atoms with Gasteiger partial charge < -0.3 is 19.5 Å². The minimum Gasteiger partial charge on any atom is -0.480 e. The molecular formula is C18H19N5O2. The number of aliphatic carboxylic acids is 1. The number of imidazole rings is 1. The third kappa shape index (κ3) is 3.13. The number of hydrogen-bond acceptors (Lipinski definition) is 5. The molecule has 7 nitrogen and oxygen atoms in total. The molecule has 0 unspecified atom stereocenters. The van der Waals surface area contributed by atoms with E-state index in [4.69, 9.17) is 5.11 Å². The van der Waals surface area contributed by atoms with Gasteiger partial charge in [0.05, 0.1) is 17.4 Å². The molecule has 4 rings (SSSR count). The van der Waals surface area contributed by atoms with Crippen LogP contribution in [0.3, 0.4) is 0 Å². The summed E-state index contributed by atoms with van der Waals surface area (Å²) in [4.78, 5) is 24.3. The molecule has 3 heterocycles. The van der Waals surface area contributed by atoms with Gasteiger partial charge in [-0.2, -0.15) is 0 Å². The number of carbonyl (C=O) groups is 1. The zero-order chi connectivity index (χ0) is 17.2. The number of aromatic nitrogens is 3. The summed E-state index contributed by atoms with van der Waals surface area (Å²) in [7, 11) is 0. The second-order valence-electron chi connectivity index (χ2n) is 6.10. The number of hydrogen-bond donors (Lipinski definition) is 1. The maximum Gasteiger partial charge on any atom is 0.323 e. The van der Waals surface area contributed by atoms with Crippen molar-refractivity contribution >= 4 is 28.5 Å². The monoisotopic (exact) mass is 337 g/mol. The van der Waals surface area contributed by atoms with Gasteiger partial charge in [-0.1, -0.05) is 6.07 Å². The fourth-order valence-corrected chi connectivity index (χ4v) is 3.26. The Morgan fingerprint density at radius 1 is 1.04 bits per heavy atom. The van der Waals surface area contributed by atoms with Crippen molar-refractivity contribution in [3.63, 3.8) is 0 Å². The predicted molar refractivity (Wildman–Crippen MR) is 96.0 cm³/mol. The normalized spacial score (nSPS) is 14.9. The molecule has 0 atom stereocenters. The zero-order valence-electron chi connectivity index (χ0n) is 13.7. The van der Waals surface area contributed by atoms with Gasteiger partial charge in [-0.25, -0.2) is 9.97 Å². The summed E-state index contributed by atoms with van der Waals surface area (Å²) in [6.45, 7) is 3.60. The minimum atomic E-state index is -0.867. The van der Waals surface area contributed by atoms with E-state index in [1.54, 1.807) is 10.9 Å². The van der Waals surface area contributed by atoms with Crippen LogP contribution in [-0.2, 0) is 11.3 Å². The summed E-state index contributed by atoms with van der Waals surface area (Å²) in [5.74, 6) is 0.152. The van der Waals surface area contributed by atoms with E-state index >= 15 is 0 Å². The molecule has 0 radical (unpaired) electrons. The molecule has 2 aromatic heterocycles. The molecular weight excluding hydrogens is 318 g/mol. The van der Waals surface area contributed by atoms with Crippen molar-refractivity contribution in [2.75, 3.05) is 36.0 Å². The van der Waals surface area contributed by atoms with Crippen molar-refractivity contribution < 1.29 is 9.90 Å². The first-order chi connectivity index (χ1) is 12.2. The van der Waals surface area contributed by atoms with Crippen LogP contribution >= 0.6 is 0 Å². The second kappa shape index (κ2) is 6.43. The van der Waals surface area contributed by atoms with E-state index in [1.807, 2.05) is 42.6 Å². The Balaban J connectivity index is 1.49. The number of rotatable bonds is 4. The standard InChI is InChI=1S/C18H19N5O2/c24-18(25)12-23-13-20-15-11-14(4-5-16(15)23)21-7-9-22(10-8-21)17-3-1-2-6-19-17/h1-6,11,13H,7-10,12H2,(H,24,25). The van der Waals surface area contributed by atoms with Crippen LogP contribution in [0.1, 0.15) is 0 Å². The third-order valence-corrected chi connectivity index (χ3v) is 4.53. The van der Waals surface area contributed by atoms with E-state index in [0.717, 1.165) is 48.7 Å². The highest BCUT2D eigenvalue weighted by molar-refractivity contribution is 5.81. The van der Waals surface area contributed by atoms with Crippen molar-refractivity contribution in [1.82, 2.24) is 14.5 Å². The van der Waals surface area contributed by atoms with Crippen molar-refractivity contribution in [2.45, 2.75) is 6.54 Å². The molecule has 0 spiro atoms. The van der Waals surface area contributed by atoms with Gasteiger partial charge in [0.1, 0.15) is 12.4 Å². The van der Waals surface area contributed by atoms with Crippen LogP contribution in [0, 0.1) is 0 Å². The first kappa shape index (κ1) is 15.4. The predicted octanol–water partition coefficient (Wildman–Crippen LogP) is 1.84. The number of pyridine rings is 1. The van der Waals surface area contributed by atoms with Crippen LogP contribution in [0.25, 0.3) is 11.0 Å². The maximum atomic E-state index is 10.9. The quantitative estimate of drug-likeness (QED) is 0.783. The highest BCUT2D eigenvalue weighted by atomic mass is 16.4. The van der Waals surface area contributed by atoms with Gasteiger partial charge in [0.2, 0.25) is 0 Å². The van der Waals surface area contributed by atoms with E-state index in [2.05, 4.69) is 19.8 Å². The lowest BCUT2D eigenvalue weighted by atomic mass is 10.2. The van der Waals surface area contributed by atoms with Crippen molar-refractivity contribution in [2.24, 2.45) is 0 Å². The van der Waals surface area contributed by atoms with Crippen LogP contribution in [0.15, 0.2) is 48.9 Å². The average Bonchev–Trinajstić information content (AvgIpc) is 3.04. The number of piperazine rings is 1. The lowest BCUT2D eigenvalue weighted by Crippen LogP contribution is -2.46. The minimum absolute atomic E-state index is 0.0708.